The molecule has 0 N–H and O–H groups in total. The van der Waals surface area contributed by atoms with Gasteiger partial charge in [-0.1, -0.05) is 35.6 Å². The Hall–Kier alpha value is -3.69. The zero-order chi connectivity index (χ0) is 23.8. The molecule has 34 heavy (non-hydrogen) atoms. The number of fused-ring (bicyclic) bond motifs is 1. The van der Waals surface area contributed by atoms with E-state index in [0.717, 1.165) is 5.69 Å². The first-order chi connectivity index (χ1) is 16.4. The molecule has 3 heterocycles. The number of hydrogen-bond acceptors (Lipinski definition) is 4. The van der Waals surface area contributed by atoms with Crippen LogP contribution in [0.4, 0.5) is 13.2 Å². The lowest BCUT2D eigenvalue weighted by Gasteiger charge is -2.33. The molecule has 1 aromatic carbocycles. The molecule has 0 radical (unpaired) electrons. The number of amides is 1. The predicted molar refractivity (Wildman–Crippen MR) is 119 cm³/mol. The van der Waals surface area contributed by atoms with Crippen molar-refractivity contribution in [3.8, 4) is 16.9 Å². The van der Waals surface area contributed by atoms with E-state index >= 15 is 0 Å². The van der Waals surface area contributed by atoms with Crippen LogP contribution in [-0.4, -0.2) is 54.4 Å². The Kier molecular flexibility index (Phi) is 5.80. The second kappa shape index (κ2) is 8.92. The SMILES string of the molecule is Cc1cn(-c2ccc(-c3cn(C4CCC5C=CC=CC5N(CC(F)F)C4=O)nn3)cc2F)cn1. The molecule has 2 aromatic heterocycles. The van der Waals surface area contributed by atoms with Gasteiger partial charge in [0.15, 0.2) is 0 Å². The zero-order valence-corrected chi connectivity index (χ0v) is 18.4. The number of aromatic nitrogens is 5. The van der Waals surface area contributed by atoms with Gasteiger partial charge in [-0.15, -0.1) is 5.10 Å². The lowest BCUT2D eigenvalue weighted by Crippen LogP contribution is -2.46. The van der Waals surface area contributed by atoms with Crippen molar-refractivity contribution in [1.82, 2.24) is 29.4 Å². The second-order valence-electron chi connectivity index (χ2n) is 8.57. The number of hydrogen-bond donors (Lipinski definition) is 0. The Balaban J connectivity index is 1.42. The quantitative estimate of drug-likeness (QED) is 0.565. The molecule has 1 saturated heterocycles. The highest BCUT2D eigenvalue weighted by Gasteiger charge is 2.39. The average molecular weight is 468 g/mol. The number of aryl methyl sites for hydroxylation is 1. The van der Waals surface area contributed by atoms with Crippen molar-refractivity contribution in [2.75, 3.05) is 6.54 Å². The van der Waals surface area contributed by atoms with Crippen LogP contribution in [0.3, 0.4) is 0 Å². The summed E-state index contributed by atoms with van der Waals surface area (Å²) in [5.74, 6) is -0.906. The second-order valence-corrected chi connectivity index (χ2v) is 8.57. The number of halogens is 3. The van der Waals surface area contributed by atoms with E-state index in [1.165, 1.54) is 22.0 Å². The van der Waals surface area contributed by atoms with Gasteiger partial charge in [-0.05, 0) is 31.9 Å². The Morgan fingerprint density at radius 2 is 1.97 bits per heavy atom. The summed E-state index contributed by atoms with van der Waals surface area (Å²) in [5, 5.41) is 8.24. The van der Waals surface area contributed by atoms with Crippen molar-refractivity contribution < 1.29 is 18.0 Å². The molecule has 2 aliphatic rings. The third-order valence-electron chi connectivity index (χ3n) is 6.32. The normalized spacial score (nSPS) is 22.3. The summed E-state index contributed by atoms with van der Waals surface area (Å²) in [4.78, 5) is 18.7. The van der Waals surface area contributed by atoms with Gasteiger partial charge >= 0.3 is 0 Å². The Morgan fingerprint density at radius 3 is 2.71 bits per heavy atom. The first kappa shape index (κ1) is 22.1. The van der Waals surface area contributed by atoms with E-state index in [1.54, 1.807) is 41.2 Å². The van der Waals surface area contributed by atoms with Gasteiger partial charge in [0.2, 0.25) is 5.91 Å². The fraction of sp³-hybridized carbons (Fsp3) is 0.333. The fourth-order valence-electron chi connectivity index (χ4n) is 4.65. The van der Waals surface area contributed by atoms with Gasteiger partial charge < -0.3 is 9.47 Å². The number of carbonyl (C=O) groups is 1. The highest BCUT2D eigenvalue weighted by atomic mass is 19.3. The fourth-order valence-corrected chi connectivity index (χ4v) is 4.65. The highest BCUT2D eigenvalue weighted by molar-refractivity contribution is 5.81. The smallest absolute Gasteiger partial charge is 0.255 e. The molecule has 0 saturated carbocycles. The van der Waals surface area contributed by atoms with Crippen molar-refractivity contribution in [3.05, 3.63) is 72.7 Å². The number of nitrogens with zero attached hydrogens (tertiary/aromatic N) is 6. The number of carbonyl (C=O) groups excluding carboxylic acids is 1. The van der Waals surface area contributed by atoms with Gasteiger partial charge in [0.25, 0.3) is 6.43 Å². The maximum absolute atomic E-state index is 14.8. The maximum atomic E-state index is 14.8. The number of benzene rings is 1. The van der Waals surface area contributed by atoms with Gasteiger partial charge in [-0.3, -0.25) is 4.79 Å². The lowest BCUT2D eigenvalue weighted by atomic mass is 9.90. The Morgan fingerprint density at radius 1 is 1.15 bits per heavy atom. The number of likely N-dealkylation sites (tertiary alicyclic amines) is 1. The number of rotatable bonds is 5. The molecule has 5 rings (SSSR count). The predicted octanol–water partition coefficient (Wildman–Crippen LogP) is 4.12. The van der Waals surface area contributed by atoms with Crippen LogP contribution in [0, 0.1) is 18.7 Å². The topological polar surface area (TPSA) is 68.8 Å². The van der Waals surface area contributed by atoms with Gasteiger partial charge in [0, 0.05) is 17.7 Å². The van der Waals surface area contributed by atoms with Crippen LogP contribution >= 0.6 is 0 Å². The molecule has 7 nitrogen and oxygen atoms in total. The summed E-state index contributed by atoms with van der Waals surface area (Å²) < 4.78 is 44.4. The summed E-state index contributed by atoms with van der Waals surface area (Å²) in [5.41, 5.74) is 2.00. The molecule has 0 bridgehead atoms. The van der Waals surface area contributed by atoms with E-state index < -0.39 is 36.8 Å². The minimum Gasteiger partial charge on any atom is -0.328 e. The lowest BCUT2D eigenvalue weighted by molar-refractivity contribution is -0.138. The van der Waals surface area contributed by atoms with E-state index in [4.69, 9.17) is 0 Å². The molecule has 1 amide bonds. The zero-order valence-electron chi connectivity index (χ0n) is 18.4. The van der Waals surface area contributed by atoms with Crippen LogP contribution in [0.2, 0.25) is 0 Å². The van der Waals surface area contributed by atoms with Crippen LogP contribution in [0.5, 0.6) is 0 Å². The highest BCUT2D eigenvalue weighted by Crippen LogP contribution is 2.34. The van der Waals surface area contributed by atoms with Crippen LogP contribution in [0.25, 0.3) is 16.9 Å². The van der Waals surface area contributed by atoms with E-state index in [9.17, 15) is 18.0 Å². The Bertz CT molecular complexity index is 1260. The first-order valence-electron chi connectivity index (χ1n) is 11.1. The number of imidazole rings is 1. The van der Waals surface area contributed by atoms with Crippen LogP contribution in [0.1, 0.15) is 24.6 Å². The van der Waals surface area contributed by atoms with Crippen molar-refractivity contribution in [2.24, 2.45) is 5.92 Å². The molecule has 0 spiro atoms. The van der Waals surface area contributed by atoms with Gasteiger partial charge in [0.1, 0.15) is 17.6 Å². The van der Waals surface area contributed by atoms with E-state index in [0.29, 0.717) is 29.8 Å². The number of allylic oxidation sites excluding steroid dienone is 2. The minimum absolute atomic E-state index is 0.0332. The molecule has 176 valence electrons. The molecule has 1 fully saturated rings. The van der Waals surface area contributed by atoms with Gasteiger partial charge in [0.05, 0.1) is 36.5 Å². The summed E-state index contributed by atoms with van der Waals surface area (Å²) >= 11 is 0. The van der Waals surface area contributed by atoms with Crippen molar-refractivity contribution in [2.45, 2.75) is 38.3 Å². The third kappa shape index (κ3) is 4.15. The summed E-state index contributed by atoms with van der Waals surface area (Å²) in [6, 6.07) is 3.51. The number of alkyl halides is 2. The molecule has 1 aliphatic heterocycles. The third-order valence-corrected chi connectivity index (χ3v) is 6.32. The van der Waals surface area contributed by atoms with Crippen molar-refractivity contribution in [1.29, 1.82) is 0 Å². The summed E-state index contributed by atoms with van der Waals surface area (Å²) in [7, 11) is 0. The monoisotopic (exact) mass is 468 g/mol. The molecule has 10 heteroatoms. The molecular formula is C24H23F3N6O. The van der Waals surface area contributed by atoms with E-state index in [-0.39, 0.29) is 5.92 Å². The molecule has 1 aliphatic carbocycles. The van der Waals surface area contributed by atoms with E-state index in [2.05, 4.69) is 15.3 Å². The largest absolute Gasteiger partial charge is 0.328 e. The molecule has 3 aromatic rings. The van der Waals surface area contributed by atoms with E-state index in [1.807, 2.05) is 19.1 Å². The van der Waals surface area contributed by atoms with Crippen molar-refractivity contribution in [3.63, 3.8) is 0 Å². The average Bonchev–Trinajstić information content (AvgIpc) is 3.44. The maximum Gasteiger partial charge on any atom is 0.255 e. The summed E-state index contributed by atoms with van der Waals surface area (Å²) in [6.07, 6.45) is 10.7. The molecular weight excluding hydrogens is 445 g/mol. The van der Waals surface area contributed by atoms with Crippen LogP contribution in [0.15, 0.2) is 61.2 Å². The standard InChI is InChI=1S/C24H23F3N6O/c1-15-11-31(14-28-15)21-8-7-17(10-18(21)25)19-12-33(30-29-19)22-9-6-16-4-2-3-5-20(16)32(24(22)34)13-23(26)27/h2-5,7-8,10-12,14,16,20,22-23H,6,9,13H2,1H3. The van der Waals surface area contributed by atoms with Gasteiger partial charge in [-0.2, -0.15) is 0 Å². The molecule has 3 atom stereocenters. The first-order valence-corrected chi connectivity index (χ1v) is 11.1. The summed E-state index contributed by atoms with van der Waals surface area (Å²) in [6.45, 7) is 1.18. The van der Waals surface area contributed by atoms with Crippen LogP contribution < -0.4 is 0 Å². The van der Waals surface area contributed by atoms with Crippen LogP contribution in [-0.2, 0) is 4.79 Å². The molecule has 3 unspecified atom stereocenters. The van der Waals surface area contributed by atoms with Crippen molar-refractivity contribution >= 4 is 5.91 Å². The minimum atomic E-state index is -2.64. The Labute approximate surface area is 194 Å². The van der Waals surface area contributed by atoms with Gasteiger partial charge in [-0.25, -0.2) is 22.8 Å².